The van der Waals surface area contributed by atoms with Crippen molar-refractivity contribution in [2.24, 2.45) is 0 Å². The van der Waals surface area contributed by atoms with E-state index in [4.69, 9.17) is 5.73 Å². The maximum Gasteiger partial charge on any atom is 0.164 e. The molecule has 0 aliphatic heterocycles. The molecule has 17 heavy (non-hydrogen) atoms. The van der Waals surface area contributed by atoms with Gasteiger partial charge in [-0.3, -0.25) is 0 Å². The lowest BCUT2D eigenvalue weighted by atomic mass is 10.3. The molecular formula is C10H11N5OS. The van der Waals surface area contributed by atoms with Crippen molar-refractivity contribution in [2.75, 3.05) is 5.73 Å². The van der Waals surface area contributed by atoms with Crippen molar-refractivity contribution in [1.82, 2.24) is 19.2 Å². The molecule has 1 saturated carbocycles. The predicted octanol–water partition coefficient (Wildman–Crippen LogP) is 0.597. The number of hydrogen-bond acceptors (Lipinski definition) is 5. The molecule has 0 aromatic carbocycles. The Bertz CT molecular complexity index is 578. The van der Waals surface area contributed by atoms with E-state index in [0.717, 1.165) is 18.4 Å². The first-order chi connectivity index (χ1) is 8.24. The van der Waals surface area contributed by atoms with E-state index in [0.29, 0.717) is 11.6 Å². The van der Waals surface area contributed by atoms with Crippen LogP contribution in [0.5, 0.6) is 0 Å². The molecule has 2 heterocycles. The lowest BCUT2D eigenvalue weighted by molar-refractivity contribution is 0.670. The molecule has 0 saturated heterocycles. The molecule has 1 unspecified atom stereocenters. The van der Waals surface area contributed by atoms with E-state index in [2.05, 4.69) is 15.1 Å². The van der Waals surface area contributed by atoms with Crippen LogP contribution in [0.1, 0.15) is 12.8 Å². The number of nitrogens with zero attached hydrogens (tertiary/aromatic N) is 4. The van der Waals surface area contributed by atoms with E-state index < -0.39 is 11.0 Å². The van der Waals surface area contributed by atoms with Crippen molar-refractivity contribution in [3.8, 4) is 11.4 Å². The highest BCUT2D eigenvalue weighted by molar-refractivity contribution is 7.84. The second-order valence-corrected chi connectivity index (χ2v) is 5.51. The Morgan fingerprint density at radius 1 is 1.47 bits per heavy atom. The summed E-state index contributed by atoms with van der Waals surface area (Å²) in [6.07, 6.45) is 6.91. The minimum absolute atomic E-state index is 0.254. The standard InChI is InChI=1S/C10H11N5OS/c11-9-3-4-12-10(14-9)7-5-13-15(6-7)17(16)8-1-2-8/h3-6,8H,1-2H2,(H2,11,12,14). The van der Waals surface area contributed by atoms with Crippen LogP contribution in [0.3, 0.4) is 0 Å². The monoisotopic (exact) mass is 249 g/mol. The quantitative estimate of drug-likeness (QED) is 0.860. The summed E-state index contributed by atoms with van der Waals surface area (Å²) in [5, 5.41) is 4.33. The van der Waals surface area contributed by atoms with Gasteiger partial charge in [-0.25, -0.2) is 14.2 Å². The molecule has 3 rings (SSSR count). The number of hydrogen-bond donors (Lipinski definition) is 1. The van der Waals surface area contributed by atoms with Crippen LogP contribution in [0.4, 0.5) is 5.82 Å². The lowest BCUT2D eigenvalue weighted by Crippen LogP contribution is -2.09. The molecule has 7 heteroatoms. The van der Waals surface area contributed by atoms with Gasteiger partial charge in [0, 0.05) is 6.20 Å². The molecule has 0 spiro atoms. The third kappa shape index (κ3) is 2.05. The van der Waals surface area contributed by atoms with Gasteiger partial charge in [0.15, 0.2) is 5.82 Å². The highest BCUT2D eigenvalue weighted by Gasteiger charge is 2.30. The van der Waals surface area contributed by atoms with Gasteiger partial charge in [0.25, 0.3) is 0 Å². The van der Waals surface area contributed by atoms with Crippen LogP contribution >= 0.6 is 0 Å². The van der Waals surface area contributed by atoms with Gasteiger partial charge in [0.2, 0.25) is 0 Å². The number of rotatable bonds is 3. The van der Waals surface area contributed by atoms with E-state index >= 15 is 0 Å². The fourth-order valence-electron chi connectivity index (χ4n) is 1.45. The Labute approximate surface area is 100 Å². The maximum atomic E-state index is 11.9. The molecule has 2 aromatic heterocycles. The van der Waals surface area contributed by atoms with Gasteiger partial charge in [0.1, 0.15) is 16.8 Å². The zero-order chi connectivity index (χ0) is 11.8. The topological polar surface area (TPSA) is 86.7 Å². The molecule has 1 aliphatic rings. The Morgan fingerprint density at radius 3 is 3.00 bits per heavy atom. The van der Waals surface area contributed by atoms with Gasteiger partial charge in [-0.05, 0) is 18.9 Å². The van der Waals surface area contributed by atoms with Crippen LogP contribution in [0.15, 0.2) is 24.7 Å². The molecule has 0 radical (unpaired) electrons. The Hall–Kier alpha value is -1.76. The number of anilines is 1. The Morgan fingerprint density at radius 2 is 2.29 bits per heavy atom. The van der Waals surface area contributed by atoms with Gasteiger partial charge in [0.05, 0.1) is 23.2 Å². The molecule has 1 atom stereocenters. The molecule has 2 N–H and O–H groups in total. The van der Waals surface area contributed by atoms with Crippen molar-refractivity contribution in [3.63, 3.8) is 0 Å². The molecule has 1 fully saturated rings. The molecule has 6 nitrogen and oxygen atoms in total. The molecule has 0 bridgehead atoms. The first-order valence-corrected chi connectivity index (χ1v) is 6.45. The average molecular weight is 249 g/mol. The summed E-state index contributed by atoms with van der Waals surface area (Å²) in [7, 11) is -1.06. The largest absolute Gasteiger partial charge is 0.384 e. The minimum Gasteiger partial charge on any atom is -0.384 e. The molecule has 88 valence electrons. The van der Waals surface area contributed by atoms with Gasteiger partial charge in [-0.15, -0.1) is 0 Å². The fourth-order valence-corrected chi connectivity index (χ4v) is 2.66. The van der Waals surface area contributed by atoms with Crippen LogP contribution in [0, 0.1) is 0 Å². The van der Waals surface area contributed by atoms with E-state index in [9.17, 15) is 4.21 Å². The van der Waals surface area contributed by atoms with Crippen molar-refractivity contribution >= 4 is 16.8 Å². The second kappa shape index (κ2) is 3.92. The van der Waals surface area contributed by atoms with Gasteiger partial charge in [-0.2, -0.15) is 9.19 Å². The van der Waals surface area contributed by atoms with Crippen LogP contribution in [-0.4, -0.2) is 28.6 Å². The Kier molecular flexibility index (Phi) is 2.40. The summed E-state index contributed by atoms with van der Waals surface area (Å²) in [6, 6.07) is 1.62. The number of nitrogen functional groups attached to an aromatic ring is 1. The van der Waals surface area contributed by atoms with Crippen molar-refractivity contribution < 1.29 is 4.21 Å². The third-order valence-electron chi connectivity index (χ3n) is 2.49. The van der Waals surface area contributed by atoms with Crippen LogP contribution in [-0.2, 0) is 11.0 Å². The van der Waals surface area contributed by atoms with E-state index in [1.165, 1.54) is 4.09 Å². The minimum atomic E-state index is -1.06. The van der Waals surface area contributed by atoms with Crippen LogP contribution < -0.4 is 5.73 Å². The van der Waals surface area contributed by atoms with E-state index in [1.807, 2.05) is 0 Å². The zero-order valence-electron chi connectivity index (χ0n) is 8.98. The normalized spacial score (nSPS) is 16.9. The third-order valence-corrected chi connectivity index (χ3v) is 4.10. The average Bonchev–Trinajstić information content (AvgIpc) is 3.05. The van der Waals surface area contributed by atoms with E-state index in [-0.39, 0.29) is 5.25 Å². The predicted molar refractivity (Wildman–Crippen MR) is 64.2 cm³/mol. The summed E-state index contributed by atoms with van der Waals surface area (Å²) < 4.78 is 13.3. The maximum absolute atomic E-state index is 11.9. The molecular weight excluding hydrogens is 238 g/mol. The summed E-state index contributed by atoms with van der Waals surface area (Å²) in [5.41, 5.74) is 6.31. The van der Waals surface area contributed by atoms with E-state index in [1.54, 1.807) is 24.7 Å². The first kappa shape index (κ1) is 10.4. The summed E-state index contributed by atoms with van der Waals surface area (Å²) in [6.45, 7) is 0. The highest BCUT2D eigenvalue weighted by atomic mass is 32.2. The van der Waals surface area contributed by atoms with Crippen molar-refractivity contribution in [2.45, 2.75) is 18.1 Å². The van der Waals surface area contributed by atoms with Crippen LogP contribution in [0.2, 0.25) is 0 Å². The second-order valence-electron chi connectivity index (χ2n) is 3.91. The summed E-state index contributed by atoms with van der Waals surface area (Å²) in [5.74, 6) is 0.912. The zero-order valence-corrected chi connectivity index (χ0v) is 9.80. The summed E-state index contributed by atoms with van der Waals surface area (Å²) >= 11 is 0. The number of aromatic nitrogens is 4. The van der Waals surface area contributed by atoms with Gasteiger partial charge in [-0.1, -0.05) is 0 Å². The van der Waals surface area contributed by atoms with Crippen molar-refractivity contribution in [1.29, 1.82) is 0 Å². The summed E-state index contributed by atoms with van der Waals surface area (Å²) in [4.78, 5) is 8.19. The van der Waals surface area contributed by atoms with Gasteiger partial charge < -0.3 is 5.73 Å². The fraction of sp³-hybridized carbons (Fsp3) is 0.300. The first-order valence-electron chi connectivity index (χ1n) is 5.28. The highest BCUT2D eigenvalue weighted by Crippen LogP contribution is 2.27. The van der Waals surface area contributed by atoms with Gasteiger partial charge >= 0.3 is 0 Å². The van der Waals surface area contributed by atoms with Crippen LogP contribution in [0.25, 0.3) is 11.4 Å². The molecule has 0 amide bonds. The number of nitrogens with two attached hydrogens (primary N) is 1. The van der Waals surface area contributed by atoms with Crippen molar-refractivity contribution in [3.05, 3.63) is 24.7 Å². The Balaban J connectivity index is 1.91. The smallest absolute Gasteiger partial charge is 0.164 e. The molecule has 1 aliphatic carbocycles. The lowest BCUT2D eigenvalue weighted by Gasteiger charge is -1.98. The molecule has 2 aromatic rings. The SMILES string of the molecule is Nc1ccnc(-c2cnn(S(=O)C3CC3)c2)n1.